The number of halogens is 3. The number of hydrogen-bond acceptors (Lipinski definition) is 3. The molecule has 0 unspecified atom stereocenters. The molecule has 6 heteroatoms. The second-order valence-electron chi connectivity index (χ2n) is 4.91. The van der Waals surface area contributed by atoms with E-state index in [1.165, 1.54) is 19.2 Å². The molecule has 0 aliphatic heterocycles. The second kappa shape index (κ2) is 5.34. The van der Waals surface area contributed by atoms with Crippen molar-refractivity contribution in [3.05, 3.63) is 29.8 Å². The van der Waals surface area contributed by atoms with Crippen molar-refractivity contribution in [2.75, 3.05) is 7.11 Å². The highest BCUT2D eigenvalue weighted by Crippen LogP contribution is 2.40. The van der Waals surface area contributed by atoms with E-state index in [1.54, 1.807) is 0 Å². The first-order valence-corrected chi connectivity index (χ1v) is 6.28. The normalized spacial score (nSPS) is 17.2. The largest absolute Gasteiger partial charge is 0.487 e. The molecule has 0 spiro atoms. The van der Waals surface area contributed by atoms with Gasteiger partial charge in [0.25, 0.3) is 0 Å². The smallest absolute Gasteiger partial charge is 0.416 e. The lowest BCUT2D eigenvalue weighted by molar-refractivity contribution is -0.148. The highest BCUT2D eigenvalue weighted by molar-refractivity contribution is 5.70. The molecule has 1 aliphatic rings. The molecule has 0 saturated heterocycles. The molecule has 1 aromatic rings. The summed E-state index contributed by atoms with van der Waals surface area (Å²) < 4.78 is 47.7. The minimum Gasteiger partial charge on any atom is -0.487 e. The number of carbonyl (C=O) groups is 1. The summed E-state index contributed by atoms with van der Waals surface area (Å²) in [6.07, 6.45) is -1.92. The summed E-state index contributed by atoms with van der Waals surface area (Å²) in [5.74, 6) is -0.0433. The van der Waals surface area contributed by atoms with Gasteiger partial charge in [-0.15, -0.1) is 0 Å². The van der Waals surface area contributed by atoms with Crippen molar-refractivity contribution in [2.24, 2.45) is 0 Å². The summed E-state index contributed by atoms with van der Waals surface area (Å²) in [5, 5.41) is 0. The Morgan fingerprint density at radius 1 is 1.25 bits per heavy atom. The molecule has 0 atom stereocenters. The van der Waals surface area contributed by atoms with Gasteiger partial charge in [0.05, 0.1) is 19.1 Å². The number of carbonyl (C=O) groups excluding carboxylic acids is 1. The first-order chi connectivity index (χ1) is 9.35. The Labute approximate surface area is 114 Å². The van der Waals surface area contributed by atoms with Crippen molar-refractivity contribution in [1.82, 2.24) is 0 Å². The number of esters is 1. The molecule has 1 saturated carbocycles. The van der Waals surface area contributed by atoms with Gasteiger partial charge in [-0.2, -0.15) is 13.2 Å². The van der Waals surface area contributed by atoms with Gasteiger partial charge in [0.15, 0.2) is 0 Å². The number of methoxy groups -OCH3 is 1. The van der Waals surface area contributed by atoms with Crippen molar-refractivity contribution < 1.29 is 27.4 Å². The molecule has 1 aromatic carbocycles. The van der Waals surface area contributed by atoms with E-state index in [1.807, 2.05) is 0 Å². The summed E-state index contributed by atoms with van der Waals surface area (Å²) in [7, 11) is 1.30. The minimum absolute atomic E-state index is 0.116. The van der Waals surface area contributed by atoms with Crippen LogP contribution in [-0.2, 0) is 15.7 Å². The fraction of sp³-hybridized carbons (Fsp3) is 0.500. The van der Waals surface area contributed by atoms with E-state index in [-0.39, 0.29) is 12.4 Å². The third kappa shape index (κ3) is 3.23. The molecule has 3 nitrogen and oxygen atoms in total. The van der Waals surface area contributed by atoms with Crippen LogP contribution >= 0.6 is 0 Å². The maximum absolute atomic E-state index is 12.5. The molecule has 0 aromatic heterocycles. The van der Waals surface area contributed by atoms with E-state index >= 15 is 0 Å². The van der Waals surface area contributed by atoms with Gasteiger partial charge in [0.1, 0.15) is 11.4 Å². The van der Waals surface area contributed by atoms with Gasteiger partial charge in [-0.05, 0) is 43.5 Å². The highest BCUT2D eigenvalue weighted by atomic mass is 19.4. The second-order valence-corrected chi connectivity index (χ2v) is 4.91. The molecule has 0 radical (unpaired) electrons. The zero-order chi connectivity index (χ0) is 14.8. The van der Waals surface area contributed by atoms with Crippen molar-refractivity contribution >= 4 is 5.97 Å². The molecule has 0 N–H and O–H groups in total. The lowest BCUT2D eigenvalue weighted by atomic mass is 9.77. The molecule has 1 fully saturated rings. The maximum Gasteiger partial charge on any atom is 0.416 e. The molecule has 0 bridgehead atoms. The van der Waals surface area contributed by atoms with Crippen molar-refractivity contribution in [3.8, 4) is 5.75 Å². The van der Waals surface area contributed by atoms with Crippen LogP contribution in [0.3, 0.4) is 0 Å². The summed E-state index contributed by atoms with van der Waals surface area (Å²) >= 11 is 0. The molecule has 110 valence electrons. The first-order valence-electron chi connectivity index (χ1n) is 6.28. The zero-order valence-corrected chi connectivity index (χ0v) is 11.0. The summed E-state index contributed by atoms with van der Waals surface area (Å²) in [5.41, 5.74) is -1.35. The van der Waals surface area contributed by atoms with E-state index in [0.717, 1.165) is 18.6 Å². The zero-order valence-electron chi connectivity index (χ0n) is 11.0. The third-order valence-electron chi connectivity index (χ3n) is 3.47. The Bertz CT molecular complexity index is 475. The lowest BCUT2D eigenvalue weighted by Crippen LogP contribution is -2.45. The molecule has 0 heterocycles. The van der Waals surface area contributed by atoms with Crippen molar-refractivity contribution in [2.45, 2.75) is 37.5 Å². The van der Waals surface area contributed by atoms with Gasteiger partial charge in [0, 0.05) is 0 Å². The van der Waals surface area contributed by atoms with Gasteiger partial charge in [-0.25, -0.2) is 0 Å². The van der Waals surface area contributed by atoms with Crippen LogP contribution in [0.25, 0.3) is 0 Å². The van der Waals surface area contributed by atoms with Crippen molar-refractivity contribution in [3.63, 3.8) is 0 Å². The van der Waals surface area contributed by atoms with Gasteiger partial charge in [0.2, 0.25) is 0 Å². The monoisotopic (exact) mass is 288 g/mol. The Balaban J connectivity index is 2.07. The molecular weight excluding hydrogens is 273 g/mol. The van der Waals surface area contributed by atoms with Crippen LogP contribution in [0.1, 0.15) is 31.2 Å². The number of benzene rings is 1. The predicted molar refractivity (Wildman–Crippen MR) is 65.3 cm³/mol. The number of rotatable bonds is 4. The van der Waals surface area contributed by atoms with E-state index in [2.05, 4.69) is 4.74 Å². The van der Waals surface area contributed by atoms with Gasteiger partial charge in [-0.3, -0.25) is 4.79 Å². The summed E-state index contributed by atoms with van der Waals surface area (Å²) in [6, 6.07) is 4.50. The quantitative estimate of drug-likeness (QED) is 0.795. The molecule has 1 aliphatic carbocycles. The summed E-state index contributed by atoms with van der Waals surface area (Å²) in [4.78, 5) is 11.3. The van der Waals surface area contributed by atoms with E-state index in [4.69, 9.17) is 4.74 Å². The Morgan fingerprint density at radius 2 is 1.85 bits per heavy atom. The van der Waals surface area contributed by atoms with Gasteiger partial charge in [-0.1, -0.05) is 0 Å². The van der Waals surface area contributed by atoms with Crippen LogP contribution in [0.4, 0.5) is 13.2 Å². The maximum atomic E-state index is 12.5. The fourth-order valence-electron chi connectivity index (χ4n) is 2.18. The number of ether oxygens (including phenoxy) is 2. The van der Waals surface area contributed by atoms with Crippen LogP contribution < -0.4 is 4.74 Å². The molecule has 20 heavy (non-hydrogen) atoms. The molecule has 2 rings (SSSR count). The van der Waals surface area contributed by atoms with Crippen LogP contribution in [0, 0.1) is 0 Å². The number of alkyl halides is 3. The van der Waals surface area contributed by atoms with E-state index < -0.39 is 17.3 Å². The van der Waals surface area contributed by atoms with Crippen LogP contribution in [-0.4, -0.2) is 18.7 Å². The molecular formula is C14H15F3O3. The fourth-order valence-corrected chi connectivity index (χ4v) is 2.18. The highest BCUT2D eigenvalue weighted by Gasteiger charge is 2.42. The predicted octanol–water partition coefficient (Wildman–Crippen LogP) is 3.57. The number of hydrogen-bond donors (Lipinski definition) is 0. The van der Waals surface area contributed by atoms with Crippen LogP contribution in [0.15, 0.2) is 24.3 Å². The van der Waals surface area contributed by atoms with Gasteiger partial charge >= 0.3 is 12.1 Å². The molecule has 0 amide bonds. The lowest BCUT2D eigenvalue weighted by Gasteiger charge is -2.41. The Morgan fingerprint density at radius 3 is 2.25 bits per heavy atom. The average Bonchev–Trinajstić information content (AvgIpc) is 2.35. The Kier molecular flexibility index (Phi) is 3.92. The minimum atomic E-state index is -4.36. The van der Waals surface area contributed by atoms with E-state index in [9.17, 15) is 18.0 Å². The Hall–Kier alpha value is -1.72. The van der Waals surface area contributed by atoms with Gasteiger partial charge < -0.3 is 9.47 Å². The first kappa shape index (κ1) is 14.7. The third-order valence-corrected chi connectivity index (χ3v) is 3.47. The van der Waals surface area contributed by atoms with Crippen LogP contribution in [0.5, 0.6) is 5.75 Å². The topological polar surface area (TPSA) is 35.5 Å². The standard InChI is InChI=1S/C14H15F3O3/c1-19-12(18)9-13(7-2-8-13)20-11-5-3-10(4-6-11)14(15,16)17/h3-6H,2,7-9H2,1H3. The average molecular weight is 288 g/mol. The van der Waals surface area contributed by atoms with E-state index in [0.29, 0.717) is 18.6 Å². The summed E-state index contributed by atoms with van der Waals surface area (Å²) in [6.45, 7) is 0. The van der Waals surface area contributed by atoms with Crippen molar-refractivity contribution in [1.29, 1.82) is 0 Å². The van der Waals surface area contributed by atoms with Crippen LogP contribution in [0.2, 0.25) is 0 Å². The SMILES string of the molecule is COC(=O)CC1(Oc2ccc(C(F)(F)F)cc2)CCC1.